The quantitative estimate of drug-likeness (QED) is 0.725. The van der Waals surface area contributed by atoms with Crippen LogP contribution < -0.4 is 0 Å². The minimum atomic E-state index is 0.0448. The molecule has 2 aliphatic rings. The number of hydrogen-bond acceptors (Lipinski definition) is 4. The molecule has 0 aliphatic carbocycles. The van der Waals surface area contributed by atoms with Gasteiger partial charge in [0, 0.05) is 38.8 Å². The molecule has 2 fully saturated rings. The topological polar surface area (TPSA) is 61.7 Å². The first kappa shape index (κ1) is 19.9. The van der Waals surface area contributed by atoms with Gasteiger partial charge in [0.2, 0.25) is 12.3 Å². The molecule has 0 unspecified atom stereocenters. The van der Waals surface area contributed by atoms with Gasteiger partial charge in [-0.2, -0.15) is 0 Å². The molecule has 156 valence electrons. The highest BCUT2D eigenvalue weighted by Gasteiger charge is 2.31. The molecule has 1 atom stereocenters. The first-order chi connectivity index (χ1) is 14.1. The van der Waals surface area contributed by atoms with E-state index in [1.54, 1.807) is 4.90 Å². The highest BCUT2D eigenvalue weighted by molar-refractivity contribution is 5.79. The molecule has 7 heteroatoms. The van der Waals surface area contributed by atoms with Crippen LogP contribution in [-0.2, 0) is 16.1 Å². The molecule has 1 aromatic carbocycles. The summed E-state index contributed by atoms with van der Waals surface area (Å²) >= 11 is 0. The van der Waals surface area contributed by atoms with Crippen molar-refractivity contribution in [3.05, 3.63) is 30.1 Å². The van der Waals surface area contributed by atoms with Crippen molar-refractivity contribution in [2.24, 2.45) is 5.92 Å². The number of amides is 2. The summed E-state index contributed by atoms with van der Waals surface area (Å²) in [5, 5.41) is 0. The van der Waals surface area contributed by atoms with Crippen LogP contribution in [0.15, 0.2) is 24.3 Å². The van der Waals surface area contributed by atoms with Gasteiger partial charge in [-0.3, -0.25) is 14.5 Å². The van der Waals surface area contributed by atoms with Crippen LogP contribution in [0.2, 0.25) is 0 Å². The van der Waals surface area contributed by atoms with Crippen molar-refractivity contribution in [3.8, 4) is 0 Å². The number of rotatable bonds is 5. The number of carbonyl (C=O) groups excluding carboxylic acids is 2. The van der Waals surface area contributed by atoms with Gasteiger partial charge in [-0.25, -0.2) is 4.98 Å². The maximum atomic E-state index is 13.0. The Hall–Kier alpha value is -2.41. The Bertz CT molecular complexity index is 869. The van der Waals surface area contributed by atoms with Crippen LogP contribution in [-0.4, -0.2) is 75.8 Å². The lowest BCUT2D eigenvalue weighted by Gasteiger charge is -2.38. The number of likely N-dealkylation sites (tertiary alicyclic amines) is 1. The minimum absolute atomic E-state index is 0.0448. The van der Waals surface area contributed by atoms with Crippen molar-refractivity contribution in [1.82, 2.24) is 24.3 Å². The second kappa shape index (κ2) is 8.53. The van der Waals surface area contributed by atoms with Gasteiger partial charge in [0.05, 0.1) is 23.5 Å². The van der Waals surface area contributed by atoms with Crippen molar-refractivity contribution in [1.29, 1.82) is 0 Å². The molecule has 2 aliphatic heterocycles. The second-order valence-electron chi connectivity index (χ2n) is 8.52. The van der Waals surface area contributed by atoms with E-state index in [4.69, 9.17) is 4.98 Å². The molecule has 0 saturated carbocycles. The van der Waals surface area contributed by atoms with Gasteiger partial charge in [0.1, 0.15) is 5.82 Å². The van der Waals surface area contributed by atoms with Gasteiger partial charge in [-0.1, -0.05) is 12.1 Å². The summed E-state index contributed by atoms with van der Waals surface area (Å²) in [5.74, 6) is 1.37. The highest BCUT2D eigenvalue weighted by Crippen LogP contribution is 2.25. The van der Waals surface area contributed by atoms with E-state index in [1.807, 2.05) is 11.0 Å². The first-order valence-electron chi connectivity index (χ1n) is 10.7. The SMILES string of the molecule is CC(C)n1c(CN2CCC[C@H](C(=O)N3CCN(C=O)CC3)C2)nc2ccccc21. The van der Waals surface area contributed by atoms with E-state index >= 15 is 0 Å². The number of para-hydroxylation sites is 2. The summed E-state index contributed by atoms with van der Waals surface area (Å²) in [6.07, 6.45) is 2.86. The van der Waals surface area contributed by atoms with Gasteiger partial charge in [-0.05, 0) is 45.4 Å². The fourth-order valence-corrected chi connectivity index (χ4v) is 4.69. The maximum Gasteiger partial charge on any atom is 0.227 e. The molecule has 0 N–H and O–H groups in total. The average Bonchev–Trinajstić information content (AvgIpc) is 3.11. The lowest BCUT2D eigenvalue weighted by molar-refractivity contribution is -0.140. The Morgan fingerprint density at radius 3 is 2.66 bits per heavy atom. The lowest BCUT2D eigenvalue weighted by atomic mass is 9.96. The normalized spacial score (nSPS) is 21.1. The third kappa shape index (κ3) is 4.15. The van der Waals surface area contributed by atoms with E-state index in [-0.39, 0.29) is 11.8 Å². The number of piperidine rings is 1. The lowest BCUT2D eigenvalue weighted by Crippen LogP contribution is -2.52. The van der Waals surface area contributed by atoms with Crippen LogP contribution in [0.3, 0.4) is 0 Å². The smallest absolute Gasteiger partial charge is 0.227 e. The summed E-state index contributed by atoms with van der Waals surface area (Å²) in [6, 6.07) is 8.64. The first-order valence-corrected chi connectivity index (χ1v) is 10.7. The number of imidazole rings is 1. The van der Waals surface area contributed by atoms with E-state index in [2.05, 4.69) is 41.5 Å². The standard InChI is InChI=1S/C22H31N5O2/c1-17(2)27-20-8-4-3-7-19(20)23-21(27)15-25-9-5-6-18(14-25)22(29)26-12-10-24(16-28)11-13-26/h3-4,7-8,16-18H,5-6,9-15H2,1-2H3/t18-/m0/s1. The van der Waals surface area contributed by atoms with Crippen molar-refractivity contribution in [2.45, 2.75) is 39.3 Å². The monoisotopic (exact) mass is 397 g/mol. The average molecular weight is 398 g/mol. The van der Waals surface area contributed by atoms with Crippen LogP contribution in [0.1, 0.15) is 38.6 Å². The molecule has 1 aromatic heterocycles. The largest absolute Gasteiger partial charge is 0.342 e. The van der Waals surface area contributed by atoms with Crippen molar-refractivity contribution >= 4 is 23.4 Å². The number of piperazine rings is 1. The van der Waals surface area contributed by atoms with Gasteiger partial charge in [-0.15, -0.1) is 0 Å². The molecule has 29 heavy (non-hydrogen) atoms. The summed E-state index contributed by atoms with van der Waals surface area (Å²) in [6.45, 7) is 9.54. The Balaban J connectivity index is 1.44. The Morgan fingerprint density at radius 1 is 1.17 bits per heavy atom. The Labute approximate surface area is 172 Å². The maximum absolute atomic E-state index is 13.0. The predicted octanol–water partition coefficient (Wildman–Crippen LogP) is 2.13. The van der Waals surface area contributed by atoms with E-state index in [0.29, 0.717) is 32.2 Å². The zero-order valence-electron chi connectivity index (χ0n) is 17.5. The fraction of sp³-hybridized carbons (Fsp3) is 0.591. The van der Waals surface area contributed by atoms with E-state index in [9.17, 15) is 9.59 Å². The van der Waals surface area contributed by atoms with Gasteiger partial charge < -0.3 is 14.4 Å². The van der Waals surface area contributed by atoms with Crippen molar-refractivity contribution in [3.63, 3.8) is 0 Å². The second-order valence-corrected chi connectivity index (χ2v) is 8.52. The highest BCUT2D eigenvalue weighted by atomic mass is 16.2. The molecular weight excluding hydrogens is 366 g/mol. The van der Waals surface area contributed by atoms with Gasteiger partial charge in [0.15, 0.2) is 0 Å². The third-order valence-electron chi connectivity index (χ3n) is 6.18. The zero-order valence-corrected chi connectivity index (χ0v) is 17.5. The Morgan fingerprint density at radius 2 is 1.93 bits per heavy atom. The van der Waals surface area contributed by atoms with Gasteiger partial charge in [0.25, 0.3) is 0 Å². The molecule has 2 saturated heterocycles. The molecule has 7 nitrogen and oxygen atoms in total. The molecule has 3 heterocycles. The molecular formula is C22H31N5O2. The van der Waals surface area contributed by atoms with Crippen LogP contribution in [0.4, 0.5) is 0 Å². The number of benzene rings is 1. The predicted molar refractivity (Wildman–Crippen MR) is 112 cm³/mol. The molecule has 4 rings (SSSR count). The van der Waals surface area contributed by atoms with Crippen LogP contribution >= 0.6 is 0 Å². The number of hydrogen-bond donors (Lipinski definition) is 0. The fourth-order valence-electron chi connectivity index (χ4n) is 4.69. The third-order valence-corrected chi connectivity index (χ3v) is 6.18. The van der Waals surface area contributed by atoms with Crippen molar-refractivity contribution < 1.29 is 9.59 Å². The van der Waals surface area contributed by atoms with Crippen LogP contribution in [0.25, 0.3) is 11.0 Å². The molecule has 0 bridgehead atoms. The Kier molecular flexibility index (Phi) is 5.85. The summed E-state index contributed by atoms with van der Waals surface area (Å²) in [5.41, 5.74) is 2.21. The van der Waals surface area contributed by atoms with E-state index < -0.39 is 0 Å². The van der Waals surface area contributed by atoms with Crippen molar-refractivity contribution in [2.75, 3.05) is 39.3 Å². The number of nitrogens with zero attached hydrogens (tertiary/aromatic N) is 5. The summed E-state index contributed by atoms with van der Waals surface area (Å²) < 4.78 is 2.32. The van der Waals surface area contributed by atoms with Crippen LogP contribution in [0, 0.1) is 5.92 Å². The zero-order chi connectivity index (χ0) is 20.4. The van der Waals surface area contributed by atoms with Gasteiger partial charge >= 0.3 is 0 Å². The molecule has 2 amide bonds. The van der Waals surface area contributed by atoms with Crippen LogP contribution in [0.5, 0.6) is 0 Å². The summed E-state index contributed by atoms with van der Waals surface area (Å²) in [7, 11) is 0. The number of carbonyl (C=O) groups is 2. The molecule has 0 radical (unpaired) electrons. The van der Waals surface area contributed by atoms with E-state index in [0.717, 1.165) is 50.2 Å². The summed E-state index contributed by atoms with van der Waals surface area (Å²) in [4.78, 5) is 34.9. The molecule has 2 aromatic rings. The number of aromatic nitrogens is 2. The molecule has 0 spiro atoms. The van der Waals surface area contributed by atoms with E-state index in [1.165, 1.54) is 5.52 Å². The minimum Gasteiger partial charge on any atom is -0.342 e. The number of fused-ring (bicyclic) bond motifs is 1.